The molecule has 1 saturated carbocycles. The maximum absolute atomic E-state index is 12.3. The van der Waals surface area contributed by atoms with Gasteiger partial charge in [-0.15, -0.1) is 0 Å². The van der Waals surface area contributed by atoms with Crippen LogP contribution in [0.2, 0.25) is 0 Å². The molecule has 2 bridgehead atoms. The van der Waals surface area contributed by atoms with Crippen molar-refractivity contribution in [2.45, 2.75) is 32.1 Å². The van der Waals surface area contributed by atoms with E-state index in [0.717, 1.165) is 64.1 Å². The van der Waals surface area contributed by atoms with Crippen LogP contribution in [0.5, 0.6) is 0 Å². The SMILES string of the molecule is NC(=O)C12CCC(Cc3ccc(N4CCN(c5ccccn5)CC4)cc3C1)C2. The van der Waals surface area contributed by atoms with Crippen LogP contribution in [0.4, 0.5) is 11.5 Å². The molecule has 3 aliphatic rings. The van der Waals surface area contributed by atoms with Crippen molar-refractivity contribution >= 4 is 17.4 Å². The lowest BCUT2D eigenvalue weighted by molar-refractivity contribution is -0.127. The molecule has 0 spiro atoms. The first-order valence-electron chi connectivity index (χ1n) is 10.5. The first-order chi connectivity index (χ1) is 13.6. The summed E-state index contributed by atoms with van der Waals surface area (Å²) in [4.78, 5) is 21.5. The molecule has 5 rings (SSSR count). The van der Waals surface area contributed by atoms with E-state index in [9.17, 15) is 4.79 Å². The Morgan fingerprint density at radius 1 is 1.07 bits per heavy atom. The van der Waals surface area contributed by atoms with Gasteiger partial charge in [0.2, 0.25) is 5.91 Å². The Kier molecular flexibility index (Phi) is 4.26. The van der Waals surface area contributed by atoms with Gasteiger partial charge >= 0.3 is 0 Å². The van der Waals surface area contributed by atoms with E-state index in [-0.39, 0.29) is 11.3 Å². The van der Waals surface area contributed by atoms with Crippen LogP contribution in [0.3, 0.4) is 0 Å². The van der Waals surface area contributed by atoms with E-state index in [1.807, 2.05) is 18.3 Å². The zero-order valence-electron chi connectivity index (χ0n) is 16.3. The smallest absolute Gasteiger partial charge is 0.223 e. The van der Waals surface area contributed by atoms with Gasteiger partial charge in [0.05, 0.1) is 5.41 Å². The second kappa shape index (κ2) is 6.80. The zero-order chi connectivity index (χ0) is 19.1. The molecule has 5 nitrogen and oxygen atoms in total. The number of nitrogens with zero attached hydrogens (tertiary/aromatic N) is 3. The Hall–Kier alpha value is -2.56. The average molecular weight is 377 g/mol. The summed E-state index contributed by atoms with van der Waals surface area (Å²) in [5, 5.41) is 0. The number of benzene rings is 1. The number of hydrogen-bond donors (Lipinski definition) is 1. The predicted octanol–water partition coefficient (Wildman–Crippen LogP) is 2.78. The van der Waals surface area contributed by atoms with Gasteiger partial charge in [-0.1, -0.05) is 12.1 Å². The standard InChI is InChI=1S/C23H28N4O/c24-22(28)23-7-6-17(15-23)13-18-4-5-20(14-19(18)16-23)26-9-11-27(12-10-26)21-3-1-2-8-25-21/h1-5,8,14,17H,6-7,9-13,15-16H2,(H2,24,28). The Labute approximate surface area is 166 Å². The second-order valence-electron chi connectivity index (χ2n) is 8.75. The third-order valence-corrected chi connectivity index (χ3v) is 7.08. The molecule has 2 atom stereocenters. The average Bonchev–Trinajstić information content (AvgIpc) is 3.05. The van der Waals surface area contributed by atoms with Gasteiger partial charge in [-0.25, -0.2) is 4.98 Å². The second-order valence-corrected chi connectivity index (χ2v) is 8.75. The lowest BCUT2D eigenvalue weighted by Gasteiger charge is -2.37. The molecule has 2 unspecified atom stereocenters. The van der Waals surface area contributed by atoms with Crippen molar-refractivity contribution in [2.24, 2.45) is 17.1 Å². The molecule has 2 N–H and O–H groups in total. The number of amides is 1. The van der Waals surface area contributed by atoms with Gasteiger partial charge in [0.15, 0.2) is 0 Å². The molecular weight excluding hydrogens is 348 g/mol. The van der Waals surface area contributed by atoms with E-state index >= 15 is 0 Å². The first kappa shape index (κ1) is 17.5. The molecule has 2 aliphatic carbocycles. The highest BCUT2D eigenvalue weighted by molar-refractivity contribution is 5.82. The lowest BCUT2D eigenvalue weighted by Crippen LogP contribution is -2.46. The summed E-state index contributed by atoms with van der Waals surface area (Å²) in [7, 11) is 0. The van der Waals surface area contributed by atoms with Crippen LogP contribution in [0, 0.1) is 11.3 Å². The number of fused-ring (bicyclic) bond motifs is 3. The fourth-order valence-electron chi connectivity index (χ4n) is 5.47. The van der Waals surface area contributed by atoms with E-state index in [4.69, 9.17) is 5.73 Å². The Morgan fingerprint density at radius 3 is 2.64 bits per heavy atom. The number of nitrogens with two attached hydrogens (primary N) is 1. The van der Waals surface area contributed by atoms with Crippen LogP contribution >= 0.6 is 0 Å². The molecule has 0 radical (unpaired) electrons. The quantitative estimate of drug-likeness (QED) is 0.895. The first-order valence-corrected chi connectivity index (χ1v) is 10.5. The lowest BCUT2D eigenvalue weighted by atomic mass is 9.79. The minimum absolute atomic E-state index is 0.0998. The third-order valence-electron chi connectivity index (χ3n) is 7.08. The number of carbonyl (C=O) groups is 1. The van der Waals surface area contributed by atoms with E-state index in [1.54, 1.807) is 0 Å². The summed E-state index contributed by atoms with van der Waals surface area (Å²) in [6, 6.07) is 13.0. The molecule has 2 aromatic rings. The van der Waals surface area contributed by atoms with Gasteiger partial charge < -0.3 is 15.5 Å². The highest BCUT2D eigenvalue weighted by atomic mass is 16.1. The van der Waals surface area contributed by atoms with Crippen molar-refractivity contribution in [1.82, 2.24) is 4.98 Å². The largest absolute Gasteiger partial charge is 0.369 e. The van der Waals surface area contributed by atoms with Crippen LogP contribution in [0.25, 0.3) is 0 Å². The number of carbonyl (C=O) groups excluding carboxylic acids is 1. The molecule has 146 valence electrons. The zero-order valence-corrected chi connectivity index (χ0v) is 16.3. The van der Waals surface area contributed by atoms with Crippen molar-refractivity contribution < 1.29 is 4.79 Å². The number of anilines is 2. The number of hydrogen-bond acceptors (Lipinski definition) is 4. The predicted molar refractivity (Wildman–Crippen MR) is 111 cm³/mol. The summed E-state index contributed by atoms with van der Waals surface area (Å²) in [6.07, 6.45) is 6.83. The molecule has 1 saturated heterocycles. The fourth-order valence-corrected chi connectivity index (χ4v) is 5.47. The summed E-state index contributed by atoms with van der Waals surface area (Å²) < 4.78 is 0. The monoisotopic (exact) mass is 376 g/mol. The number of primary amides is 1. The highest BCUT2D eigenvalue weighted by Gasteiger charge is 2.46. The van der Waals surface area contributed by atoms with Crippen molar-refractivity contribution in [3.05, 3.63) is 53.7 Å². The van der Waals surface area contributed by atoms with Gasteiger partial charge in [0, 0.05) is 38.1 Å². The summed E-state index contributed by atoms with van der Waals surface area (Å²) in [5.74, 6) is 1.57. The Balaban J connectivity index is 1.34. The van der Waals surface area contributed by atoms with Crippen molar-refractivity contribution in [3.8, 4) is 0 Å². The van der Waals surface area contributed by atoms with Gasteiger partial charge in [-0.2, -0.15) is 0 Å². The molecule has 1 amide bonds. The highest BCUT2D eigenvalue weighted by Crippen LogP contribution is 2.48. The summed E-state index contributed by atoms with van der Waals surface area (Å²) >= 11 is 0. The minimum atomic E-state index is -0.313. The van der Waals surface area contributed by atoms with Crippen LogP contribution in [-0.4, -0.2) is 37.1 Å². The van der Waals surface area contributed by atoms with E-state index < -0.39 is 0 Å². The van der Waals surface area contributed by atoms with Gasteiger partial charge in [-0.3, -0.25) is 4.79 Å². The minimum Gasteiger partial charge on any atom is -0.369 e. The Bertz CT molecular complexity index is 875. The molecule has 1 aromatic heterocycles. The molecule has 5 heteroatoms. The van der Waals surface area contributed by atoms with Crippen LogP contribution in [-0.2, 0) is 17.6 Å². The molecule has 28 heavy (non-hydrogen) atoms. The molecule has 2 heterocycles. The number of aromatic nitrogens is 1. The topological polar surface area (TPSA) is 62.5 Å². The number of piperazine rings is 1. The fraction of sp³-hybridized carbons (Fsp3) is 0.478. The molecular formula is C23H28N4O. The third kappa shape index (κ3) is 3.03. The van der Waals surface area contributed by atoms with Crippen LogP contribution in [0.1, 0.15) is 30.4 Å². The number of rotatable bonds is 3. The maximum atomic E-state index is 12.3. The van der Waals surface area contributed by atoms with E-state index in [1.165, 1.54) is 16.8 Å². The van der Waals surface area contributed by atoms with Crippen LogP contribution in [0.15, 0.2) is 42.6 Å². The molecule has 2 fully saturated rings. The summed E-state index contributed by atoms with van der Waals surface area (Å²) in [6.45, 7) is 3.92. The molecule has 1 aliphatic heterocycles. The van der Waals surface area contributed by atoms with Gasteiger partial charge in [0.25, 0.3) is 0 Å². The summed E-state index contributed by atoms with van der Waals surface area (Å²) in [5.41, 5.74) is 9.58. The van der Waals surface area contributed by atoms with Crippen molar-refractivity contribution in [3.63, 3.8) is 0 Å². The number of pyridine rings is 1. The Morgan fingerprint density at radius 2 is 1.89 bits per heavy atom. The van der Waals surface area contributed by atoms with Crippen LogP contribution < -0.4 is 15.5 Å². The van der Waals surface area contributed by atoms with Crippen molar-refractivity contribution in [2.75, 3.05) is 36.0 Å². The normalized spacial score (nSPS) is 26.6. The van der Waals surface area contributed by atoms with Gasteiger partial charge in [-0.05, 0) is 73.4 Å². The van der Waals surface area contributed by atoms with Gasteiger partial charge in [0.1, 0.15) is 5.82 Å². The maximum Gasteiger partial charge on any atom is 0.223 e. The molecule has 1 aromatic carbocycles. The van der Waals surface area contributed by atoms with E-state index in [2.05, 4.69) is 39.0 Å². The van der Waals surface area contributed by atoms with Crippen molar-refractivity contribution in [1.29, 1.82) is 0 Å². The van der Waals surface area contributed by atoms with E-state index in [0.29, 0.717) is 5.92 Å².